The summed E-state index contributed by atoms with van der Waals surface area (Å²) in [5.74, 6) is 0.668. The topological polar surface area (TPSA) is 79.5 Å². The Morgan fingerprint density at radius 1 is 1.26 bits per heavy atom. The minimum atomic E-state index is -0.856. The number of hydrogen-bond donors (Lipinski definition) is 3. The normalized spacial score (nSPS) is 24.6. The second-order valence-corrected chi connectivity index (χ2v) is 5.93. The lowest BCUT2D eigenvalue weighted by Gasteiger charge is -2.37. The zero-order valence-electron chi connectivity index (χ0n) is 13.1. The monoisotopic (exact) mass is 339 g/mol. The van der Waals surface area contributed by atoms with Crippen molar-refractivity contribution in [2.45, 2.75) is 24.8 Å². The third-order valence-corrected chi connectivity index (χ3v) is 4.62. The lowest BCUT2D eigenvalue weighted by molar-refractivity contribution is -0.126. The van der Waals surface area contributed by atoms with Gasteiger partial charge in [-0.3, -0.25) is 10.1 Å². The van der Waals surface area contributed by atoms with Crippen LogP contribution in [0.15, 0.2) is 24.3 Å². The Labute approximate surface area is 141 Å². The summed E-state index contributed by atoms with van der Waals surface area (Å²) in [5.41, 5.74) is 0.126. The summed E-state index contributed by atoms with van der Waals surface area (Å²) in [6.45, 7) is 1.74. The SMILES string of the molecule is COc1cccc(CC2(C3CCNCC3)NC(=O)NC2=O)c1.Cl. The van der Waals surface area contributed by atoms with Gasteiger partial charge in [0.05, 0.1) is 7.11 Å². The Balaban J connectivity index is 0.00000192. The Morgan fingerprint density at radius 3 is 2.61 bits per heavy atom. The highest BCUT2D eigenvalue weighted by molar-refractivity contribution is 6.07. The number of rotatable bonds is 4. The molecule has 1 aromatic carbocycles. The molecule has 0 aliphatic carbocycles. The third kappa shape index (κ3) is 3.43. The molecule has 6 nitrogen and oxygen atoms in total. The quantitative estimate of drug-likeness (QED) is 0.721. The molecular formula is C16H22ClN3O3. The zero-order chi connectivity index (χ0) is 15.6. The van der Waals surface area contributed by atoms with E-state index < -0.39 is 11.6 Å². The van der Waals surface area contributed by atoms with Gasteiger partial charge in [0.15, 0.2) is 0 Å². The molecule has 3 N–H and O–H groups in total. The molecule has 2 saturated heterocycles. The van der Waals surface area contributed by atoms with Gasteiger partial charge in [-0.05, 0) is 49.5 Å². The molecule has 2 aliphatic rings. The van der Waals surface area contributed by atoms with E-state index in [4.69, 9.17) is 4.74 Å². The molecule has 0 radical (unpaired) electrons. The van der Waals surface area contributed by atoms with Crippen LogP contribution in [0.4, 0.5) is 4.79 Å². The fourth-order valence-corrected chi connectivity index (χ4v) is 3.48. The molecule has 3 amide bonds. The van der Waals surface area contributed by atoms with Crippen molar-refractivity contribution in [3.05, 3.63) is 29.8 Å². The molecule has 1 aromatic rings. The second kappa shape index (κ2) is 7.19. The predicted molar refractivity (Wildman–Crippen MR) is 88.9 cm³/mol. The Morgan fingerprint density at radius 2 is 2.00 bits per heavy atom. The molecular weight excluding hydrogens is 318 g/mol. The van der Waals surface area contributed by atoms with Crippen molar-refractivity contribution in [1.82, 2.24) is 16.0 Å². The van der Waals surface area contributed by atoms with Crippen molar-refractivity contribution in [2.24, 2.45) is 5.92 Å². The lowest BCUT2D eigenvalue weighted by atomic mass is 9.74. The number of carbonyl (C=O) groups is 2. The van der Waals surface area contributed by atoms with E-state index in [2.05, 4.69) is 16.0 Å². The number of urea groups is 1. The molecule has 1 atom stereocenters. The number of ether oxygens (including phenoxy) is 1. The van der Waals surface area contributed by atoms with Crippen LogP contribution < -0.4 is 20.7 Å². The van der Waals surface area contributed by atoms with E-state index in [-0.39, 0.29) is 24.2 Å². The maximum atomic E-state index is 12.5. The highest BCUT2D eigenvalue weighted by atomic mass is 35.5. The predicted octanol–water partition coefficient (Wildman–Crippen LogP) is 1.24. The Bertz CT molecular complexity index is 590. The summed E-state index contributed by atoms with van der Waals surface area (Å²) >= 11 is 0. The maximum absolute atomic E-state index is 12.5. The second-order valence-electron chi connectivity index (χ2n) is 5.93. The molecule has 2 fully saturated rings. The van der Waals surface area contributed by atoms with Crippen molar-refractivity contribution < 1.29 is 14.3 Å². The molecule has 23 heavy (non-hydrogen) atoms. The van der Waals surface area contributed by atoms with Gasteiger partial charge in [0.1, 0.15) is 11.3 Å². The molecule has 3 rings (SSSR count). The van der Waals surface area contributed by atoms with Gasteiger partial charge in [-0.2, -0.15) is 0 Å². The molecule has 0 saturated carbocycles. The number of amides is 3. The number of halogens is 1. The number of nitrogens with one attached hydrogen (secondary N) is 3. The van der Waals surface area contributed by atoms with Crippen molar-refractivity contribution in [2.75, 3.05) is 20.2 Å². The standard InChI is InChI=1S/C16H21N3O3.ClH/c1-22-13-4-2-3-11(9-13)10-16(12-5-7-17-8-6-12)14(20)18-15(21)19-16;/h2-4,9,12,17H,5-8,10H2,1H3,(H2,18,19,20,21);1H. The van der Waals surface area contributed by atoms with E-state index in [0.29, 0.717) is 6.42 Å². The average molecular weight is 340 g/mol. The van der Waals surface area contributed by atoms with E-state index in [1.165, 1.54) is 0 Å². The molecule has 0 aromatic heterocycles. The zero-order valence-corrected chi connectivity index (χ0v) is 13.9. The lowest BCUT2D eigenvalue weighted by Crippen LogP contribution is -2.57. The summed E-state index contributed by atoms with van der Waals surface area (Å²) in [6.07, 6.45) is 2.22. The molecule has 0 bridgehead atoms. The van der Waals surface area contributed by atoms with Gasteiger partial charge in [-0.15, -0.1) is 12.4 Å². The van der Waals surface area contributed by atoms with Crippen molar-refractivity contribution in [1.29, 1.82) is 0 Å². The van der Waals surface area contributed by atoms with Gasteiger partial charge >= 0.3 is 6.03 Å². The number of methoxy groups -OCH3 is 1. The summed E-state index contributed by atoms with van der Waals surface area (Å²) in [7, 11) is 1.62. The molecule has 1 unspecified atom stereocenters. The Kier molecular flexibility index (Phi) is 5.49. The number of carbonyl (C=O) groups excluding carboxylic acids is 2. The van der Waals surface area contributed by atoms with Gasteiger partial charge in [0, 0.05) is 6.42 Å². The minimum absolute atomic E-state index is 0. The highest BCUT2D eigenvalue weighted by Crippen LogP contribution is 2.32. The van der Waals surface area contributed by atoms with E-state index in [1.54, 1.807) is 7.11 Å². The van der Waals surface area contributed by atoms with E-state index in [0.717, 1.165) is 37.2 Å². The van der Waals surface area contributed by atoms with Crippen LogP contribution in [0.2, 0.25) is 0 Å². The van der Waals surface area contributed by atoms with Gasteiger partial charge in [-0.25, -0.2) is 4.79 Å². The number of hydrogen-bond acceptors (Lipinski definition) is 4. The molecule has 2 aliphatic heterocycles. The molecule has 126 valence electrons. The van der Waals surface area contributed by atoms with Crippen molar-refractivity contribution in [3.8, 4) is 5.75 Å². The minimum Gasteiger partial charge on any atom is -0.497 e. The average Bonchev–Trinajstić information content (AvgIpc) is 2.83. The van der Waals surface area contributed by atoms with E-state index in [1.807, 2.05) is 24.3 Å². The van der Waals surface area contributed by atoms with Crippen molar-refractivity contribution >= 4 is 24.3 Å². The van der Waals surface area contributed by atoms with Crippen molar-refractivity contribution in [3.63, 3.8) is 0 Å². The fraction of sp³-hybridized carbons (Fsp3) is 0.500. The van der Waals surface area contributed by atoms with Crippen LogP contribution in [0, 0.1) is 5.92 Å². The van der Waals surface area contributed by atoms with Crippen LogP contribution >= 0.6 is 12.4 Å². The van der Waals surface area contributed by atoms with Crippen LogP contribution in [-0.4, -0.2) is 37.7 Å². The molecule has 0 spiro atoms. The first kappa shape index (κ1) is 17.6. The summed E-state index contributed by atoms with van der Waals surface area (Å²) in [6, 6.07) is 7.25. The fourth-order valence-electron chi connectivity index (χ4n) is 3.48. The van der Waals surface area contributed by atoms with Crippen LogP contribution in [0.5, 0.6) is 5.75 Å². The van der Waals surface area contributed by atoms with E-state index >= 15 is 0 Å². The smallest absolute Gasteiger partial charge is 0.322 e. The first-order valence-electron chi connectivity index (χ1n) is 7.61. The van der Waals surface area contributed by atoms with Crippen LogP contribution in [0.25, 0.3) is 0 Å². The van der Waals surface area contributed by atoms with Gasteiger partial charge < -0.3 is 15.4 Å². The maximum Gasteiger partial charge on any atom is 0.322 e. The van der Waals surface area contributed by atoms with Crippen LogP contribution in [0.3, 0.4) is 0 Å². The summed E-state index contributed by atoms with van der Waals surface area (Å²) < 4.78 is 5.25. The molecule has 7 heteroatoms. The summed E-state index contributed by atoms with van der Waals surface area (Å²) in [4.78, 5) is 24.3. The number of imide groups is 1. The third-order valence-electron chi connectivity index (χ3n) is 4.62. The van der Waals surface area contributed by atoms with Gasteiger partial charge in [-0.1, -0.05) is 12.1 Å². The highest BCUT2D eigenvalue weighted by Gasteiger charge is 2.51. The van der Waals surface area contributed by atoms with E-state index in [9.17, 15) is 9.59 Å². The number of benzene rings is 1. The first-order valence-corrected chi connectivity index (χ1v) is 7.61. The molecule has 2 heterocycles. The van der Waals surface area contributed by atoms with Gasteiger partial charge in [0.2, 0.25) is 0 Å². The van der Waals surface area contributed by atoms with Crippen LogP contribution in [-0.2, 0) is 11.2 Å². The Hall–Kier alpha value is -1.79. The number of piperidine rings is 1. The largest absolute Gasteiger partial charge is 0.497 e. The first-order chi connectivity index (χ1) is 10.6. The summed E-state index contributed by atoms with van der Waals surface area (Å²) in [5, 5.41) is 8.62. The van der Waals surface area contributed by atoms with Crippen LogP contribution in [0.1, 0.15) is 18.4 Å². The van der Waals surface area contributed by atoms with Gasteiger partial charge in [0.25, 0.3) is 5.91 Å².